The average molecular weight is 691 g/mol. The molecule has 1 saturated heterocycles. The fraction of sp³-hybridized carbons (Fsp3) is 0.733. The van der Waals surface area contributed by atoms with Gasteiger partial charge in [0.15, 0.2) is 6.23 Å². The van der Waals surface area contributed by atoms with Crippen molar-refractivity contribution in [2.75, 3.05) is 6.61 Å². The first-order chi connectivity index (χ1) is 16.6. The van der Waals surface area contributed by atoms with Crippen LogP contribution < -0.4 is 16.3 Å². The van der Waals surface area contributed by atoms with Gasteiger partial charge in [0.1, 0.15) is 18.3 Å². The number of phosphoric acid groups is 2. The van der Waals surface area contributed by atoms with Crippen molar-refractivity contribution < 1.29 is 56.5 Å². The Morgan fingerprint density at radius 2 is 1.69 bits per heavy atom. The first-order valence-electron chi connectivity index (χ1n) is 10.5. The van der Waals surface area contributed by atoms with Crippen LogP contribution in [0, 0.1) is 3.57 Å². The quantitative estimate of drug-likeness (QED) is 0.126. The summed E-state index contributed by atoms with van der Waals surface area (Å²) in [5.74, 6) is 0. The van der Waals surface area contributed by atoms with Crippen LogP contribution in [0.4, 0.5) is 0 Å². The number of phosphoric ester groups is 1. The topological polar surface area (TPSA) is 256 Å². The first kappa shape index (κ1) is 30.2. The van der Waals surface area contributed by atoms with Crippen LogP contribution in [0.3, 0.4) is 0 Å². The SMILES string of the molecule is O=c1[nH]c(=O)n([C@@H]2O[C@H](COP(=O)(O)OP(=O)(O)OP(=O)(O)NC3CCCCC3)C(O)[C@@H]2O)cc1I. The summed E-state index contributed by atoms with van der Waals surface area (Å²) < 4.78 is 55.2. The van der Waals surface area contributed by atoms with Gasteiger partial charge in [-0.2, -0.15) is 8.62 Å². The van der Waals surface area contributed by atoms with E-state index in [4.69, 9.17) is 4.74 Å². The molecule has 7 atom stereocenters. The highest BCUT2D eigenvalue weighted by Gasteiger charge is 2.47. The predicted octanol–water partition coefficient (Wildman–Crippen LogP) is 0.0337. The molecule has 2 fully saturated rings. The molecule has 17 nitrogen and oxygen atoms in total. The fourth-order valence-electron chi connectivity index (χ4n) is 3.71. The average Bonchev–Trinajstić information content (AvgIpc) is 3.02. The van der Waals surface area contributed by atoms with E-state index in [2.05, 4.69) is 18.2 Å². The highest BCUT2D eigenvalue weighted by atomic mass is 127. The minimum atomic E-state index is -5.62. The predicted molar refractivity (Wildman–Crippen MR) is 128 cm³/mol. The van der Waals surface area contributed by atoms with Crippen molar-refractivity contribution in [3.05, 3.63) is 30.6 Å². The van der Waals surface area contributed by atoms with E-state index >= 15 is 0 Å². The van der Waals surface area contributed by atoms with Gasteiger partial charge in [-0.1, -0.05) is 19.3 Å². The molecule has 36 heavy (non-hydrogen) atoms. The van der Waals surface area contributed by atoms with E-state index in [-0.39, 0.29) is 3.57 Å². The van der Waals surface area contributed by atoms with Crippen LogP contribution in [0.2, 0.25) is 0 Å². The van der Waals surface area contributed by atoms with Crippen molar-refractivity contribution in [1.29, 1.82) is 0 Å². The van der Waals surface area contributed by atoms with Crippen LogP contribution >= 0.6 is 46.0 Å². The number of aromatic amines is 1. The van der Waals surface area contributed by atoms with Crippen LogP contribution in [0.15, 0.2) is 15.8 Å². The van der Waals surface area contributed by atoms with E-state index in [9.17, 15) is 48.2 Å². The van der Waals surface area contributed by atoms with Crippen molar-refractivity contribution in [2.45, 2.75) is 62.7 Å². The van der Waals surface area contributed by atoms with E-state index in [1.54, 1.807) is 22.6 Å². The minimum absolute atomic E-state index is 0.0586. The minimum Gasteiger partial charge on any atom is -0.387 e. The largest absolute Gasteiger partial charge is 0.489 e. The van der Waals surface area contributed by atoms with Crippen LogP contribution in [-0.2, 0) is 31.6 Å². The normalized spacial score (nSPS) is 30.4. The maximum absolute atomic E-state index is 12.1. The Labute approximate surface area is 216 Å². The summed E-state index contributed by atoms with van der Waals surface area (Å²) in [6, 6.07) is -0.467. The van der Waals surface area contributed by atoms with E-state index in [0.717, 1.165) is 30.0 Å². The zero-order chi connectivity index (χ0) is 26.9. The van der Waals surface area contributed by atoms with Crippen molar-refractivity contribution in [3.63, 3.8) is 0 Å². The number of halogens is 1. The van der Waals surface area contributed by atoms with Gasteiger partial charge in [-0.15, -0.1) is 0 Å². The Hall–Kier alpha value is -0.300. The zero-order valence-electron chi connectivity index (χ0n) is 18.3. The van der Waals surface area contributed by atoms with Gasteiger partial charge >= 0.3 is 29.1 Å². The van der Waals surface area contributed by atoms with Crippen LogP contribution in [-0.4, -0.2) is 65.4 Å². The van der Waals surface area contributed by atoms with Gasteiger partial charge in [0.25, 0.3) is 5.56 Å². The van der Waals surface area contributed by atoms with Crippen molar-refractivity contribution in [1.82, 2.24) is 14.6 Å². The summed E-state index contributed by atoms with van der Waals surface area (Å²) in [4.78, 5) is 54.8. The lowest BCUT2D eigenvalue weighted by Gasteiger charge is -2.26. The fourth-order valence-corrected chi connectivity index (χ4v) is 8.13. The highest BCUT2D eigenvalue weighted by molar-refractivity contribution is 14.1. The summed E-state index contributed by atoms with van der Waals surface area (Å²) >= 11 is 1.62. The highest BCUT2D eigenvalue weighted by Crippen LogP contribution is 2.66. The van der Waals surface area contributed by atoms with Crippen LogP contribution in [0.25, 0.3) is 0 Å². The van der Waals surface area contributed by atoms with Gasteiger partial charge in [0.05, 0.1) is 10.2 Å². The molecule has 7 N–H and O–H groups in total. The third-order valence-corrected chi connectivity index (χ3v) is 10.6. The molecule has 2 heterocycles. The standard InChI is InChI=1S/C15H25IN3O14P3/c16-9-6-19(15(23)17-13(9)22)14-12(21)11(20)10(31-14)7-30-35(26,27)33-36(28,29)32-34(24,25)18-8-4-2-1-3-5-8/h6,8,10-12,14,20-21H,1-5,7H2,(H,26,27)(H,28,29)(H,17,22,23)(H2,18,24,25)/t10-,11?,12+,14-/m1/s1. The number of aromatic nitrogens is 2. The summed E-state index contributed by atoms with van der Waals surface area (Å²) in [6.07, 6.45) is -2.00. The van der Waals surface area contributed by atoms with E-state index < -0.39 is 71.8 Å². The van der Waals surface area contributed by atoms with Crippen LogP contribution in [0.5, 0.6) is 0 Å². The molecule has 4 unspecified atom stereocenters. The zero-order valence-corrected chi connectivity index (χ0v) is 23.1. The van der Waals surface area contributed by atoms with E-state index in [0.29, 0.717) is 12.8 Å². The van der Waals surface area contributed by atoms with Gasteiger partial charge in [0, 0.05) is 12.2 Å². The third kappa shape index (κ3) is 8.10. The Balaban J connectivity index is 1.59. The molecule has 0 radical (unpaired) electrons. The Bertz CT molecular complexity index is 1200. The van der Waals surface area contributed by atoms with Crippen molar-refractivity contribution in [2.24, 2.45) is 0 Å². The molecule has 0 amide bonds. The number of hydrogen-bond donors (Lipinski definition) is 7. The van der Waals surface area contributed by atoms with Gasteiger partial charge in [-0.25, -0.2) is 23.6 Å². The number of hydrogen-bond acceptors (Lipinski definition) is 11. The number of nitrogens with one attached hydrogen (secondary N) is 2. The number of rotatable bonds is 10. The lowest BCUT2D eigenvalue weighted by Crippen LogP contribution is -2.38. The second-order valence-electron chi connectivity index (χ2n) is 8.07. The molecule has 0 spiro atoms. The molecule has 0 aromatic carbocycles. The van der Waals surface area contributed by atoms with Gasteiger partial charge in [-0.05, 0) is 35.4 Å². The first-order valence-corrected chi connectivity index (χ1v) is 16.1. The molecular weight excluding hydrogens is 666 g/mol. The summed E-state index contributed by atoms with van der Waals surface area (Å²) in [5.41, 5.74) is -1.66. The molecule has 1 saturated carbocycles. The van der Waals surface area contributed by atoms with E-state index in [1.807, 2.05) is 4.98 Å². The molecule has 1 aromatic heterocycles. The molecule has 1 aliphatic heterocycles. The maximum Gasteiger partial charge on any atom is 0.489 e. The summed E-state index contributed by atoms with van der Waals surface area (Å²) in [7, 11) is -16.0. The van der Waals surface area contributed by atoms with Crippen LogP contribution in [0.1, 0.15) is 38.3 Å². The number of nitrogens with zero attached hydrogens (tertiary/aromatic N) is 1. The molecular formula is C15H25IN3O14P3. The number of aliphatic hydroxyl groups excluding tert-OH is 2. The maximum atomic E-state index is 12.1. The smallest absolute Gasteiger partial charge is 0.387 e. The molecule has 1 aliphatic carbocycles. The Kier molecular flexibility index (Phi) is 9.94. The molecule has 206 valence electrons. The molecule has 1 aromatic rings. The van der Waals surface area contributed by atoms with Gasteiger partial charge in [0.2, 0.25) is 0 Å². The summed E-state index contributed by atoms with van der Waals surface area (Å²) in [6.45, 7) is -0.991. The lowest BCUT2D eigenvalue weighted by molar-refractivity contribution is -0.0543. The molecule has 0 bridgehead atoms. The molecule has 21 heteroatoms. The number of ether oxygens (including phenoxy) is 1. The monoisotopic (exact) mass is 691 g/mol. The van der Waals surface area contributed by atoms with Gasteiger partial charge in [-0.3, -0.25) is 18.9 Å². The number of H-pyrrole nitrogens is 1. The second-order valence-corrected chi connectivity index (χ2v) is 14.0. The summed E-state index contributed by atoms with van der Waals surface area (Å²) in [5, 5.41) is 22.6. The Morgan fingerprint density at radius 3 is 2.33 bits per heavy atom. The van der Waals surface area contributed by atoms with Gasteiger partial charge < -0.3 is 29.6 Å². The van der Waals surface area contributed by atoms with E-state index in [1.165, 1.54) is 0 Å². The lowest BCUT2D eigenvalue weighted by atomic mass is 9.96. The van der Waals surface area contributed by atoms with Crippen molar-refractivity contribution in [3.8, 4) is 0 Å². The van der Waals surface area contributed by atoms with Crippen molar-refractivity contribution >= 4 is 46.0 Å². The molecule has 3 rings (SSSR count). The second kappa shape index (κ2) is 11.8. The number of aliphatic hydroxyl groups is 2. The Morgan fingerprint density at radius 1 is 1.06 bits per heavy atom. The third-order valence-electron chi connectivity index (χ3n) is 5.31. The molecule has 2 aliphatic rings.